The molecular weight excluding hydrogens is 252 g/mol. The Morgan fingerprint density at radius 2 is 2.05 bits per heavy atom. The number of nitriles is 1. The van der Waals surface area contributed by atoms with Gasteiger partial charge in [-0.2, -0.15) is 15.0 Å². The summed E-state index contributed by atoms with van der Waals surface area (Å²) in [6, 6.07) is 11.6. The molecule has 1 aromatic heterocycles. The molecule has 5 nitrogen and oxygen atoms in total. The summed E-state index contributed by atoms with van der Waals surface area (Å²) < 4.78 is 1.17. The molecule has 0 bridgehead atoms. The van der Waals surface area contributed by atoms with Gasteiger partial charge in [-0.25, -0.2) is 0 Å². The van der Waals surface area contributed by atoms with Gasteiger partial charge in [-0.05, 0) is 18.4 Å². The van der Waals surface area contributed by atoms with Gasteiger partial charge in [-0.3, -0.25) is 4.79 Å². The van der Waals surface area contributed by atoms with Gasteiger partial charge in [0.25, 0.3) is 5.91 Å². The Bertz CT molecular complexity index is 692. The summed E-state index contributed by atoms with van der Waals surface area (Å²) in [6.45, 7) is 0. The average Bonchev–Trinajstić information content (AvgIpc) is 2.79. The highest BCUT2D eigenvalue weighted by atomic mass is 16.2. The second-order valence-corrected chi connectivity index (χ2v) is 5.07. The number of rotatable bonds is 2. The first-order valence-corrected chi connectivity index (χ1v) is 6.53. The van der Waals surface area contributed by atoms with Gasteiger partial charge >= 0.3 is 0 Å². The number of carbonyl (C=O) groups excluding carboxylic acids is 1. The van der Waals surface area contributed by atoms with Gasteiger partial charge < -0.3 is 5.73 Å². The van der Waals surface area contributed by atoms with Crippen LogP contribution in [0.25, 0.3) is 0 Å². The summed E-state index contributed by atoms with van der Waals surface area (Å²) in [6.07, 6.45) is 3.92. The number of nitrogens with zero attached hydrogens (tertiary/aromatic N) is 3. The molecule has 1 saturated carbocycles. The zero-order chi connectivity index (χ0) is 14.2. The van der Waals surface area contributed by atoms with Crippen molar-refractivity contribution in [3.05, 3.63) is 47.7 Å². The quantitative estimate of drug-likeness (QED) is 0.902. The van der Waals surface area contributed by atoms with Crippen molar-refractivity contribution in [3.8, 4) is 6.07 Å². The molecule has 0 amide bonds. The number of benzene rings is 1. The van der Waals surface area contributed by atoms with Crippen LogP contribution in [0.4, 0.5) is 5.82 Å². The van der Waals surface area contributed by atoms with Crippen molar-refractivity contribution in [2.45, 2.75) is 24.7 Å². The summed E-state index contributed by atoms with van der Waals surface area (Å²) in [7, 11) is 0. The first-order chi connectivity index (χ1) is 9.69. The number of hydrogen-bond acceptors (Lipinski definition) is 4. The van der Waals surface area contributed by atoms with Crippen molar-refractivity contribution in [1.82, 2.24) is 9.78 Å². The maximum absolute atomic E-state index is 12.8. The standard InChI is InChI=1S/C15H14N4O/c16-9-11-10-18-19(13(11)17)14(20)15(7-4-8-15)12-5-2-1-3-6-12/h1-3,5-6,10H,4,7-8,17H2. The van der Waals surface area contributed by atoms with Crippen LogP contribution in [0.15, 0.2) is 36.5 Å². The Kier molecular flexibility index (Phi) is 2.79. The van der Waals surface area contributed by atoms with Crippen LogP contribution in [-0.2, 0) is 5.41 Å². The van der Waals surface area contributed by atoms with Gasteiger partial charge in [0.15, 0.2) is 0 Å². The van der Waals surface area contributed by atoms with Crippen LogP contribution in [-0.4, -0.2) is 15.7 Å². The molecule has 1 heterocycles. The van der Waals surface area contributed by atoms with Crippen LogP contribution in [0.5, 0.6) is 0 Å². The minimum absolute atomic E-state index is 0.125. The normalized spacial score (nSPS) is 16.1. The fraction of sp³-hybridized carbons (Fsp3) is 0.267. The summed E-state index contributed by atoms with van der Waals surface area (Å²) >= 11 is 0. The van der Waals surface area contributed by atoms with E-state index in [1.54, 1.807) is 0 Å². The largest absolute Gasteiger partial charge is 0.382 e. The second kappa shape index (κ2) is 4.49. The zero-order valence-corrected chi connectivity index (χ0v) is 10.9. The molecule has 0 aliphatic heterocycles. The third-order valence-electron chi connectivity index (χ3n) is 4.06. The SMILES string of the molecule is N#Cc1cnn(C(=O)C2(c3ccccc3)CCC2)c1N. The lowest BCUT2D eigenvalue weighted by Crippen LogP contribution is -2.46. The van der Waals surface area contributed by atoms with E-state index in [-0.39, 0.29) is 17.3 Å². The maximum atomic E-state index is 12.8. The predicted octanol–water partition coefficient (Wildman–Crippen LogP) is 2.10. The van der Waals surface area contributed by atoms with E-state index in [4.69, 9.17) is 11.0 Å². The van der Waals surface area contributed by atoms with Crippen LogP contribution < -0.4 is 5.73 Å². The average molecular weight is 266 g/mol. The van der Waals surface area contributed by atoms with Gasteiger partial charge in [-0.1, -0.05) is 36.8 Å². The molecule has 2 N–H and O–H groups in total. The minimum Gasteiger partial charge on any atom is -0.382 e. The molecule has 20 heavy (non-hydrogen) atoms. The van der Waals surface area contributed by atoms with Crippen LogP contribution in [0.2, 0.25) is 0 Å². The van der Waals surface area contributed by atoms with Crippen molar-refractivity contribution in [2.24, 2.45) is 0 Å². The summed E-state index contributed by atoms with van der Waals surface area (Å²) in [5, 5.41) is 12.9. The Balaban J connectivity index is 2.04. The zero-order valence-electron chi connectivity index (χ0n) is 10.9. The van der Waals surface area contributed by atoms with E-state index in [9.17, 15) is 4.79 Å². The summed E-state index contributed by atoms with van der Waals surface area (Å²) in [4.78, 5) is 12.8. The van der Waals surface area contributed by atoms with Crippen molar-refractivity contribution in [1.29, 1.82) is 5.26 Å². The van der Waals surface area contributed by atoms with Gasteiger partial charge in [0, 0.05) is 0 Å². The Morgan fingerprint density at radius 1 is 1.35 bits per heavy atom. The van der Waals surface area contributed by atoms with Crippen molar-refractivity contribution >= 4 is 11.7 Å². The predicted molar refractivity (Wildman–Crippen MR) is 74.0 cm³/mol. The van der Waals surface area contributed by atoms with E-state index in [0.717, 1.165) is 24.8 Å². The lowest BCUT2D eigenvalue weighted by molar-refractivity contribution is 0.0679. The minimum atomic E-state index is -0.547. The molecule has 0 radical (unpaired) electrons. The van der Waals surface area contributed by atoms with E-state index in [1.165, 1.54) is 10.9 Å². The topological polar surface area (TPSA) is 84.7 Å². The van der Waals surface area contributed by atoms with Crippen LogP contribution in [0.3, 0.4) is 0 Å². The Labute approximate surface area is 116 Å². The van der Waals surface area contributed by atoms with Crippen LogP contribution in [0.1, 0.15) is 35.2 Å². The third kappa shape index (κ3) is 1.62. The smallest absolute Gasteiger partial charge is 0.259 e. The highest BCUT2D eigenvalue weighted by molar-refractivity contribution is 5.93. The first-order valence-electron chi connectivity index (χ1n) is 6.53. The van der Waals surface area contributed by atoms with E-state index in [1.807, 2.05) is 36.4 Å². The molecule has 1 aromatic carbocycles. The lowest BCUT2D eigenvalue weighted by atomic mass is 9.64. The number of nitrogens with two attached hydrogens (primary N) is 1. The van der Waals surface area contributed by atoms with E-state index in [2.05, 4.69) is 5.10 Å². The molecule has 0 atom stereocenters. The van der Waals surface area contributed by atoms with Crippen molar-refractivity contribution in [2.75, 3.05) is 5.73 Å². The molecule has 0 spiro atoms. The fourth-order valence-corrected chi connectivity index (χ4v) is 2.72. The molecule has 1 fully saturated rings. The highest BCUT2D eigenvalue weighted by Crippen LogP contribution is 2.45. The molecule has 3 rings (SSSR count). The Hall–Kier alpha value is -2.61. The number of aromatic nitrogens is 2. The number of carbonyl (C=O) groups is 1. The van der Waals surface area contributed by atoms with Crippen molar-refractivity contribution < 1.29 is 4.79 Å². The lowest BCUT2D eigenvalue weighted by Gasteiger charge is -2.40. The van der Waals surface area contributed by atoms with E-state index >= 15 is 0 Å². The molecule has 1 aliphatic carbocycles. The maximum Gasteiger partial charge on any atom is 0.259 e. The van der Waals surface area contributed by atoms with Gasteiger partial charge in [0.2, 0.25) is 0 Å². The monoisotopic (exact) mass is 266 g/mol. The molecular formula is C15H14N4O. The number of hydrogen-bond donors (Lipinski definition) is 1. The molecule has 0 unspecified atom stereocenters. The third-order valence-corrected chi connectivity index (χ3v) is 4.06. The molecule has 1 aliphatic rings. The number of nitrogen functional groups attached to an aromatic ring is 1. The first kappa shape index (κ1) is 12.4. The molecule has 100 valence electrons. The summed E-state index contributed by atoms with van der Waals surface area (Å²) in [5.74, 6) is -0.0198. The van der Waals surface area contributed by atoms with E-state index < -0.39 is 5.41 Å². The fourth-order valence-electron chi connectivity index (χ4n) is 2.72. The molecule has 0 saturated heterocycles. The molecule has 2 aromatic rings. The molecule has 5 heteroatoms. The van der Waals surface area contributed by atoms with Gasteiger partial charge in [0.05, 0.1) is 11.6 Å². The highest BCUT2D eigenvalue weighted by Gasteiger charge is 2.47. The van der Waals surface area contributed by atoms with Gasteiger partial charge in [0.1, 0.15) is 17.5 Å². The summed E-state index contributed by atoms with van der Waals surface area (Å²) in [5.41, 5.74) is 6.51. The Morgan fingerprint density at radius 3 is 2.55 bits per heavy atom. The van der Waals surface area contributed by atoms with Crippen LogP contribution >= 0.6 is 0 Å². The van der Waals surface area contributed by atoms with Crippen LogP contribution in [0, 0.1) is 11.3 Å². The van der Waals surface area contributed by atoms with E-state index in [0.29, 0.717) is 0 Å². The number of anilines is 1. The van der Waals surface area contributed by atoms with Gasteiger partial charge in [-0.15, -0.1) is 0 Å². The van der Waals surface area contributed by atoms with Crippen molar-refractivity contribution in [3.63, 3.8) is 0 Å². The second-order valence-electron chi connectivity index (χ2n) is 5.07.